The van der Waals surface area contributed by atoms with Crippen molar-refractivity contribution in [2.45, 2.75) is 45.0 Å². The SMILES string of the molecule is C=C(C)C(=O)O[C@H]1/C(C=O)=C\CC/C(COC(C)=O)=C/[C@H]2OC(=O)C(=C)[C@@H]2[C@@H]1O. The molecule has 29 heavy (non-hydrogen) atoms. The molecule has 1 heterocycles. The Morgan fingerprint density at radius 3 is 2.66 bits per heavy atom. The van der Waals surface area contributed by atoms with Crippen molar-refractivity contribution in [3.05, 3.63) is 47.6 Å². The predicted molar refractivity (Wildman–Crippen MR) is 101 cm³/mol. The molecule has 0 saturated carbocycles. The highest BCUT2D eigenvalue weighted by Crippen LogP contribution is 2.35. The molecule has 1 N–H and O–H groups in total. The van der Waals surface area contributed by atoms with Crippen molar-refractivity contribution < 1.29 is 38.5 Å². The molecule has 0 spiro atoms. The van der Waals surface area contributed by atoms with E-state index in [2.05, 4.69) is 13.2 Å². The number of allylic oxidation sites excluding steroid dienone is 1. The fourth-order valence-corrected chi connectivity index (χ4v) is 3.17. The van der Waals surface area contributed by atoms with Crippen molar-refractivity contribution >= 4 is 24.2 Å². The molecule has 4 atom stereocenters. The van der Waals surface area contributed by atoms with E-state index < -0.39 is 42.1 Å². The second-order valence-electron chi connectivity index (χ2n) is 6.98. The van der Waals surface area contributed by atoms with E-state index in [9.17, 15) is 24.3 Å². The largest absolute Gasteiger partial charge is 0.461 e. The number of aldehydes is 1. The van der Waals surface area contributed by atoms with Gasteiger partial charge in [-0.05, 0) is 31.4 Å². The summed E-state index contributed by atoms with van der Waals surface area (Å²) in [5, 5.41) is 11.0. The highest BCUT2D eigenvalue weighted by Gasteiger charge is 2.46. The minimum Gasteiger partial charge on any atom is -0.461 e. The summed E-state index contributed by atoms with van der Waals surface area (Å²) in [6, 6.07) is 0. The van der Waals surface area contributed by atoms with Crippen LogP contribution >= 0.6 is 0 Å². The zero-order valence-electron chi connectivity index (χ0n) is 16.4. The van der Waals surface area contributed by atoms with Gasteiger partial charge in [0.05, 0.1) is 5.92 Å². The first kappa shape index (κ1) is 22.3. The molecule has 0 unspecified atom stereocenters. The molecule has 1 fully saturated rings. The zero-order valence-corrected chi connectivity index (χ0v) is 16.4. The Balaban J connectivity index is 2.46. The number of carbonyl (C=O) groups is 4. The lowest BCUT2D eigenvalue weighted by Crippen LogP contribution is -2.42. The average Bonchev–Trinajstić information content (AvgIpc) is 2.93. The number of carbonyl (C=O) groups excluding carboxylic acids is 4. The van der Waals surface area contributed by atoms with Gasteiger partial charge >= 0.3 is 17.9 Å². The molecule has 8 heteroatoms. The van der Waals surface area contributed by atoms with Gasteiger partial charge in [-0.2, -0.15) is 0 Å². The molecule has 0 aromatic rings. The Labute approximate surface area is 168 Å². The molecule has 0 bridgehead atoms. The van der Waals surface area contributed by atoms with E-state index >= 15 is 0 Å². The number of hydrogen-bond acceptors (Lipinski definition) is 8. The van der Waals surface area contributed by atoms with Gasteiger partial charge in [0.1, 0.15) is 25.1 Å². The maximum absolute atomic E-state index is 12.1. The molecule has 1 saturated heterocycles. The highest BCUT2D eigenvalue weighted by atomic mass is 16.6. The normalized spacial score (nSPS) is 30.6. The topological polar surface area (TPSA) is 116 Å². The molecule has 0 aromatic heterocycles. The van der Waals surface area contributed by atoms with Gasteiger partial charge in [0.15, 0.2) is 6.10 Å². The third kappa shape index (κ3) is 5.29. The fourth-order valence-electron chi connectivity index (χ4n) is 3.17. The lowest BCUT2D eigenvalue weighted by molar-refractivity contribution is -0.150. The van der Waals surface area contributed by atoms with Gasteiger partial charge in [0, 0.05) is 23.6 Å². The predicted octanol–water partition coefficient (Wildman–Crippen LogP) is 1.34. The second kappa shape index (κ2) is 9.47. The molecular formula is C21H24O8. The summed E-state index contributed by atoms with van der Waals surface area (Å²) < 4.78 is 15.6. The molecule has 1 aliphatic heterocycles. The lowest BCUT2D eigenvalue weighted by Gasteiger charge is -2.30. The quantitative estimate of drug-likeness (QED) is 0.240. The van der Waals surface area contributed by atoms with Crippen molar-refractivity contribution in [2.24, 2.45) is 5.92 Å². The zero-order chi connectivity index (χ0) is 21.7. The summed E-state index contributed by atoms with van der Waals surface area (Å²) in [4.78, 5) is 47.0. The van der Waals surface area contributed by atoms with Crippen molar-refractivity contribution in [2.75, 3.05) is 6.61 Å². The van der Waals surface area contributed by atoms with Crippen LogP contribution in [0.2, 0.25) is 0 Å². The molecule has 0 aromatic carbocycles. The highest BCUT2D eigenvalue weighted by molar-refractivity contribution is 5.91. The summed E-state index contributed by atoms with van der Waals surface area (Å²) in [7, 11) is 0. The van der Waals surface area contributed by atoms with Gasteiger partial charge in [-0.1, -0.05) is 19.2 Å². The van der Waals surface area contributed by atoms with Crippen LogP contribution in [0.3, 0.4) is 0 Å². The minimum atomic E-state index is -1.47. The van der Waals surface area contributed by atoms with E-state index in [4.69, 9.17) is 14.2 Å². The first-order valence-electron chi connectivity index (χ1n) is 9.08. The van der Waals surface area contributed by atoms with E-state index in [1.165, 1.54) is 19.9 Å². The first-order chi connectivity index (χ1) is 13.6. The third-order valence-electron chi connectivity index (χ3n) is 4.69. The van der Waals surface area contributed by atoms with Crippen LogP contribution in [0.15, 0.2) is 47.6 Å². The van der Waals surface area contributed by atoms with Crippen molar-refractivity contribution in [1.82, 2.24) is 0 Å². The maximum Gasteiger partial charge on any atom is 0.334 e. The number of aliphatic hydroxyl groups is 1. The number of fused-ring (bicyclic) bond motifs is 1. The summed E-state index contributed by atoms with van der Waals surface area (Å²) in [6.45, 7) is 9.87. The third-order valence-corrected chi connectivity index (χ3v) is 4.69. The Bertz CT molecular complexity index is 803. The van der Waals surface area contributed by atoms with E-state index in [0.29, 0.717) is 24.7 Å². The lowest BCUT2D eigenvalue weighted by atomic mass is 9.84. The standard InChI is InChI=1S/C21H24O8/c1-11(2)20(25)29-19-15(9-22)7-5-6-14(10-27-13(4)23)8-16-17(18(19)24)12(3)21(26)28-16/h7-9,16-19,24H,1,3,5-6,10H2,2,4H3/b14-8-,15-7-/t16-,17+,18+,19+/m1/s1. The average molecular weight is 404 g/mol. The Morgan fingerprint density at radius 2 is 2.07 bits per heavy atom. The van der Waals surface area contributed by atoms with Crippen molar-refractivity contribution in [1.29, 1.82) is 0 Å². The van der Waals surface area contributed by atoms with Gasteiger partial charge in [0.25, 0.3) is 0 Å². The van der Waals surface area contributed by atoms with Crippen LogP contribution in [-0.4, -0.2) is 54.2 Å². The van der Waals surface area contributed by atoms with Crippen LogP contribution in [0.4, 0.5) is 0 Å². The van der Waals surface area contributed by atoms with E-state index in [1.807, 2.05) is 0 Å². The Morgan fingerprint density at radius 1 is 1.38 bits per heavy atom. The number of ether oxygens (including phenoxy) is 3. The van der Waals surface area contributed by atoms with Crippen LogP contribution in [0.1, 0.15) is 26.7 Å². The number of esters is 3. The van der Waals surface area contributed by atoms with Gasteiger partial charge < -0.3 is 19.3 Å². The van der Waals surface area contributed by atoms with Crippen LogP contribution in [-0.2, 0) is 33.4 Å². The molecule has 8 nitrogen and oxygen atoms in total. The fraction of sp³-hybridized carbons (Fsp3) is 0.429. The van der Waals surface area contributed by atoms with Gasteiger partial charge in [-0.25, -0.2) is 9.59 Å². The van der Waals surface area contributed by atoms with Crippen LogP contribution in [0, 0.1) is 5.92 Å². The van der Waals surface area contributed by atoms with Crippen LogP contribution < -0.4 is 0 Å². The van der Waals surface area contributed by atoms with Gasteiger partial charge in [-0.15, -0.1) is 0 Å². The molecule has 0 radical (unpaired) electrons. The number of rotatable bonds is 5. The summed E-state index contributed by atoms with van der Waals surface area (Å²) >= 11 is 0. The van der Waals surface area contributed by atoms with E-state index in [-0.39, 0.29) is 23.3 Å². The van der Waals surface area contributed by atoms with E-state index in [0.717, 1.165) is 0 Å². The maximum atomic E-state index is 12.1. The summed E-state index contributed by atoms with van der Waals surface area (Å²) in [6.07, 6.45) is 0.677. The molecule has 2 aliphatic rings. The monoisotopic (exact) mass is 404 g/mol. The van der Waals surface area contributed by atoms with Crippen molar-refractivity contribution in [3.63, 3.8) is 0 Å². The summed E-state index contributed by atoms with van der Waals surface area (Å²) in [5.41, 5.74) is 0.792. The second-order valence-corrected chi connectivity index (χ2v) is 6.98. The molecule has 156 valence electrons. The Kier molecular flexibility index (Phi) is 7.28. The van der Waals surface area contributed by atoms with Crippen LogP contribution in [0.5, 0.6) is 0 Å². The number of hydrogen-bond donors (Lipinski definition) is 1. The van der Waals surface area contributed by atoms with Crippen LogP contribution in [0.25, 0.3) is 0 Å². The van der Waals surface area contributed by atoms with Gasteiger partial charge in [0.2, 0.25) is 0 Å². The molecule has 0 amide bonds. The smallest absolute Gasteiger partial charge is 0.334 e. The van der Waals surface area contributed by atoms with E-state index in [1.54, 1.807) is 6.08 Å². The minimum absolute atomic E-state index is 0.00668. The first-order valence-corrected chi connectivity index (χ1v) is 9.08. The molecule has 1 aliphatic carbocycles. The Hall–Kier alpha value is -3.00. The molecule has 2 rings (SSSR count). The van der Waals surface area contributed by atoms with Crippen molar-refractivity contribution in [3.8, 4) is 0 Å². The van der Waals surface area contributed by atoms with Gasteiger partial charge in [-0.3, -0.25) is 9.59 Å². The molecular weight excluding hydrogens is 380 g/mol. The summed E-state index contributed by atoms with van der Waals surface area (Å²) in [5.74, 6) is -2.91. The number of aliphatic hydroxyl groups excluding tert-OH is 1.